The van der Waals surface area contributed by atoms with Crippen molar-refractivity contribution in [2.45, 2.75) is 32.1 Å². The lowest BCUT2D eigenvalue weighted by atomic mass is 10.1. The predicted molar refractivity (Wildman–Crippen MR) is 114 cm³/mol. The lowest BCUT2D eigenvalue weighted by Crippen LogP contribution is -2.26. The van der Waals surface area contributed by atoms with Gasteiger partial charge in [0.25, 0.3) is 5.56 Å². The Kier molecular flexibility index (Phi) is 6.07. The highest BCUT2D eigenvalue weighted by Gasteiger charge is 2.25. The van der Waals surface area contributed by atoms with Gasteiger partial charge in [0.15, 0.2) is 0 Å². The summed E-state index contributed by atoms with van der Waals surface area (Å²) in [6, 6.07) is 10.6. The summed E-state index contributed by atoms with van der Waals surface area (Å²) in [5.41, 5.74) is 1.33. The maximum absolute atomic E-state index is 12.3. The zero-order chi connectivity index (χ0) is 20.3. The highest BCUT2D eigenvalue weighted by atomic mass is 35.5. The van der Waals surface area contributed by atoms with Crippen molar-refractivity contribution in [2.24, 2.45) is 4.40 Å². The second kappa shape index (κ2) is 8.34. The first-order valence-corrected chi connectivity index (χ1v) is 10.1. The molecule has 2 aromatic heterocycles. The number of rotatable bonds is 5. The van der Waals surface area contributed by atoms with E-state index in [0.29, 0.717) is 21.9 Å². The van der Waals surface area contributed by atoms with Crippen LogP contribution in [0.2, 0.25) is 5.02 Å². The van der Waals surface area contributed by atoms with E-state index in [4.69, 9.17) is 16.3 Å². The minimum atomic E-state index is -1.44. The summed E-state index contributed by atoms with van der Waals surface area (Å²) < 4.78 is 21.3. The van der Waals surface area contributed by atoms with Crippen LogP contribution in [0.15, 0.2) is 51.8 Å². The molecule has 0 saturated carbocycles. The monoisotopic (exact) mass is 417 g/mol. The smallest absolute Gasteiger partial charge is 0.257 e. The Morgan fingerprint density at radius 2 is 2.11 bits per heavy atom. The van der Waals surface area contributed by atoms with E-state index in [2.05, 4.69) is 14.4 Å². The van der Waals surface area contributed by atoms with E-state index in [0.717, 1.165) is 11.1 Å². The number of aromatic amines is 1. The first-order valence-electron chi connectivity index (χ1n) is 8.59. The fourth-order valence-electron chi connectivity index (χ4n) is 2.33. The fourth-order valence-corrected chi connectivity index (χ4v) is 3.08. The number of hydrogen-bond donors (Lipinski definition) is 1. The summed E-state index contributed by atoms with van der Waals surface area (Å²) in [4.78, 5) is 19.3. The minimum absolute atomic E-state index is 0.264. The minimum Gasteiger partial charge on any atom is -0.591 e. The molecule has 0 spiro atoms. The number of fused-ring (bicyclic) bond motifs is 1. The number of halogens is 1. The molecule has 146 valence electrons. The van der Waals surface area contributed by atoms with Crippen LogP contribution in [-0.2, 0) is 18.0 Å². The SMILES string of the molecule is CC(C)(C)[S+]([O-])N=Cc1cc2cc(Cl)c(OCc3ccccn3)cc2[nH]c1=O. The Bertz CT molecular complexity index is 1060. The molecule has 0 bridgehead atoms. The molecule has 1 N–H and O–H groups in total. The molecule has 3 rings (SSSR count). The van der Waals surface area contributed by atoms with Gasteiger partial charge in [-0.2, -0.15) is 0 Å². The van der Waals surface area contributed by atoms with Crippen LogP contribution in [0.4, 0.5) is 0 Å². The lowest BCUT2D eigenvalue weighted by Gasteiger charge is -2.17. The Morgan fingerprint density at radius 1 is 1.32 bits per heavy atom. The molecular formula is C20H20ClN3O3S. The average molecular weight is 418 g/mol. The quantitative estimate of drug-likeness (QED) is 0.501. The number of benzene rings is 1. The van der Waals surface area contributed by atoms with Crippen molar-refractivity contribution in [1.82, 2.24) is 9.97 Å². The predicted octanol–water partition coefficient (Wildman–Crippen LogP) is 4.04. The Balaban J connectivity index is 1.87. The van der Waals surface area contributed by atoms with Crippen molar-refractivity contribution in [3.05, 3.63) is 69.2 Å². The summed E-state index contributed by atoms with van der Waals surface area (Å²) in [5, 5.41) is 1.13. The standard InChI is InChI=1S/C20H20ClN3O3S/c1-20(2,3)28(26)23-11-14-8-13-9-16(21)18(10-17(13)24-19(14)25)27-12-15-6-4-5-7-22-15/h4-11H,12H2,1-3H3,(H,24,25). The van der Waals surface area contributed by atoms with Gasteiger partial charge < -0.3 is 14.3 Å². The Hall–Kier alpha value is -2.35. The van der Waals surface area contributed by atoms with Crippen LogP contribution in [0.25, 0.3) is 10.9 Å². The third kappa shape index (κ3) is 4.92. The number of H-pyrrole nitrogens is 1. The zero-order valence-corrected chi connectivity index (χ0v) is 17.3. The van der Waals surface area contributed by atoms with Gasteiger partial charge in [0, 0.05) is 17.6 Å². The molecule has 1 unspecified atom stereocenters. The summed E-state index contributed by atoms with van der Waals surface area (Å²) in [6.45, 7) is 5.71. The number of nitrogens with one attached hydrogen (secondary N) is 1. The van der Waals surface area contributed by atoms with Crippen LogP contribution in [-0.4, -0.2) is 25.5 Å². The molecule has 1 aromatic carbocycles. The van der Waals surface area contributed by atoms with Gasteiger partial charge in [-0.15, -0.1) is 0 Å². The van der Waals surface area contributed by atoms with Crippen molar-refractivity contribution in [2.75, 3.05) is 0 Å². The molecule has 1 atom stereocenters. The molecule has 0 aliphatic heterocycles. The largest absolute Gasteiger partial charge is 0.591 e. The summed E-state index contributed by atoms with van der Waals surface area (Å²) in [6.07, 6.45) is 3.02. The van der Waals surface area contributed by atoms with Crippen LogP contribution in [0.3, 0.4) is 0 Å². The van der Waals surface area contributed by atoms with Crippen molar-refractivity contribution < 1.29 is 9.29 Å². The molecule has 0 saturated heterocycles. The summed E-state index contributed by atoms with van der Waals surface area (Å²) in [5.74, 6) is 0.450. The van der Waals surface area contributed by atoms with Gasteiger partial charge in [-0.05, 0) is 45.0 Å². The van der Waals surface area contributed by atoms with E-state index in [-0.39, 0.29) is 12.2 Å². The first kappa shape index (κ1) is 20.4. The maximum Gasteiger partial charge on any atom is 0.257 e. The van der Waals surface area contributed by atoms with E-state index in [1.54, 1.807) is 24.4 Å². The Labute approximate surface area is 171 Å². The molecule has 2 heterocycles. The van der Waals surface area contributed by atoms with Gasteiger partial charge in [0.2, 0.25) is 0 Å². The van der Waals surface area contributed by atoms with Crippen molar-refractivity contribution in [3.63, 3.8) is 0 Å². The highest BCUT2D eigenvalue weighted by Crippen LogP contribution is 2.29. The molecule has 6 nitrogen and oxygen atoms in total. The number of nitrogens with zero attached hydrogens (tertiary/aromatic N) is 2. The van der Waals surface area contributed by atoms with Crippen LogP contribution in [0.5, 0.6) is 5.75 Å². The third-order valence-corrected chi connectivity index (χ3v) is 5.48. The van der Waals surface area contributed by atoms with Gasteiger partial charge in [0.05, 0.1) is 28.0 Å². The normalized spacial score (nSPS) is 13.2. The lowest BCUT2D eigenvalue weighted by molar-refractivity contribution is 0.302. The maximum atomic E-state index is 12.3. The number of aromatic nitrogens is 2. The molecule has 0 radical (unpaired) electrons. The number of pyridine rings is 2. The first-order chi connectivity index (χ1) is 13.2. The van der Waals surface area contributed by atoms with E-state index >= 15 is 0 Å². The number of ether oxygens (including phenoxy) is 1. The van der Waals surface area contributed by atoms with Crippen LogP contribution in [0, 0.1) is 0 Å². The summed E-state index contributed by atoms with van der Waals surface area (Å²) in [7, 11) is 0. The summed E-state index contributed by atoms with van der Waals surface area (Å²) >= 11 is 4.89. The van der Waals surface area contributed by atoms with Gasteiger partial charge in [-0.3, -0.25) is 9.78 Å². The molecule has 28 heavy (non-hydrogen) atoms. The van der Waals surface area contributed by atoms with Crippen molar-refractivity contribution in [1.29, 1.82) is 0 Å². The molecule has 8 heteroatoms. The molecule has 0 aliphatic carbocycles. The molecule has 0 aliphatic rings. The van der Waals surface area contributed by atoms with E-state index in [1.807, 2.05) is 39.0 Å². The highest BCUT2D eigenvalue weighted by molar-refractivity contribution is 7.91. The molecule has 3 aromatic rings. The van der Waals surface area contributed by atoms with Gasteiger partial charge in [-0.25, -0.2) is 0 Å². The fraction of sp³-hybridized carbons (Fsp3) is 0.250. The van der Waals surface area contributed by atoms with E-state index in [9.17, 15) is 9.35 Å². The number of hydrogen-bond acceptors (Lipinski definition) is 5. The third-order valence-electron chi connectivity index (χ3n) is 3.84. The topological polar surface area (TPSA) is 90.4 Å². The second-order valence-electron chi connectivity index (χ2n) is 7.13. The van der Waals surface area contributed by atoms with Gasteiger partial charge in [-0.1, -0.05) is 22.1 Å². The van der Waals surface area contributed by atoms with Gasteiger partial charge >= 0.3 is 0 Å². The van der Waals surface area contributed by atoms with E-state index in [1.165, 1.54) is 6.21 Å². The van der Waals surface area contributed by atoms with Crippen molar-refractivity contribution in [3.8, 4) is 5.75 Å². The second-order valence-corrected chi connectivity index (χ2v) is 9.47. The molecule has 0 amide bonds. The molecule has 0 fully saturated rings. The van der Waals surface area contributed by atoms with Crippen molar-refractivity contribution >= 4 is 40.1 Å². The average Bonchev–Trinajstić information content (AvgIpc) is 2.65. The Morgan fingerprint density at radius 3 is 2.79 bits per heavy atom. The zero-order valence-electron chi connectivity index (χ0n) is 15.7. The van der Waals surface area contributed by atoms with Crippen LogP contribution < -0.4 is 10.3 Å². The van der Waals surface area contributed by atoms with Crippen LogP contribution in [0.1, 0.15) is 32.0 Å². The van der Waals surface area contributed by atoms with Crippen LogP contribution >= 0.6 is 11.6 Å². The van der Waals surface area contributed by atoms with Gasteiger partial charge in [0.1, 0.15) is 28.5 Å². The van der Waals surface area contributed by atoms with E-state index < -0.39 is 16.1 Å². The molecular weight excluding hydrogens is 398 g/mol.